The maximum absolute atomic E-state index is 11.8. The Balaban J connectivity index is 2.66. The predicted molar refractivity (Wildman–Crippen MR) is 82.1 cm³/mol. The molecule has 0 saturated heterocycles. The van der Waals surface area contributed by atoms with Gasteiger partial charge in [-0.3, -0.25) is 0 Å². The van der Waals surface area contributed by atoms with Gasteiger partial charge in [-0.1, -0.05) is 6.07 Å². The highest BCUT2D eigenvalue weighted by Crippen LogP contribution is 2.24. The molecule has 0 atom stereocenters. The molecule has 0 aliphatic rings. The average molecular weight is 351 g/mol. The summed E-state index contributed by atoms with van der Waals surface area (Å²) < 4.78 is 47.9. The number of hydrogen-bond acceptors (Lipinski definition) is 5. The topological polar surface area (TPSA) is 86.1 Å². The first kappa shape index (κ1) is 16.3. The van der Waals surface area contributed by atoms with Crippen LogP contribution in [0.5, 0.6) is 0 Å². The van der Waals surface area contributed by atoms with Crippen LogP contribution in [0, 0.1) is 0 Å². The van der Waals surface area contributed by atoms with Crippen molar-refractivity contribution in [1.82, 2.24) is 9.55 Å². The highest BCUT2D eigenvalue weighted by Gasteiger charge is 2.18. The first-order valence-electron chi connectivity index (χ1n) is 6.05. The molecule has 2 aromatic rings. The standard InChI is InChI=1S/C12H15ClN2O4S2/c1-20(16,17)7-6-15-9-4-3-5-10(21(2,18)19)12(9)14-11(15)8-13/h3-5H,6-8H2,1-2H3. The Morgan fingerprint density at radius 3 is 2.38 bits per heavy atom. The van der Waals surface area contributed by atoms with Crippen LogP contribution in [0.15, 0.2) is 23.1 Å². The Morgan fingerprint density at radius 2 is 1.86 bits per heavy atom. The summed E-state index contributed by atoms with van der Waals surface area (Å²) >= 11 is 5.84. The van der Waals surface area contributed by atoms with Gasteiger partial charge in [0, 0.05) is 19.1 Å². The summed E-state index contributed by atoms with van der Waals surface area (Å²) in [4.78, 5) is 4.37. The lowest BCUT2D eigenvalue weighted by Gasteiger charge is -2.07. The van der Waals surface area contributed by atoms with Gasteiger partial charge in [0.15, 0.2) is 9.84 Å². The number of benzene rings is 1. The molecule has 0 aliphatic heterocycles. The van der Waals surface area contributed by atoms with E-state index < -0.39 is 19.7 Å². The van der Waals surface area contributed by atoms with Crippen LogP contribution in [0.25, 0.3) is 11.0 Å². The minimum atomic E-state index is -3.42. The van der Waals surface area contributed by atoms with E-state index in [0.29, 0.717) is 16.9 Å². The van der Waals surface area contributed by atoms with E-state index in [0.717, 1.165) is 12.5 Å². The van der Waals surface area contributed by atoms with E-state index in [4.69, 9.17) is 11.6 Å². The maximum atomic E-state index is 11.8. The zero-order valence-electron chi connectivity index (χ0n) is 11.6. The second-order valence-electron chi connectivity index (χ2n) is 4.84. The molecule has 1 aromatic heterocycles. The maximum Gasteiger partial charge on any atom is 0.177 e. The summed E-state index contributed by atoms with van der Waals surface area (Å²) in [5.74, 6) is 0.457. The Bertz CT molecular complexity index is 885. The lowest BCUT2D eigenvalue weighted by Crippen LogP contribution is -2.13. The van der Waals surface area contributed by atoms with Crippen LogP contribution >= 0.6 is 11.6 Å². The normalized spacial score (nSPS) is 12.9. The molecule has 9 heteroatoms. The number of sulfone groups is 2. The lowest BCUT2D eigenvalue weighted by molar-refractivity contribution is 0.594. The summed E-state index contributed by atoms with van der Waals surface area (Å²) in [5.41, 5.74) is 0.890. The monoisotopic (exact) mass is 350 g/mol. The second-order valence-corrected chi connectivity index (χ2v) is 9.35. The number of aryl methyl sites for hydroxylation is 1. The van der Waals surface area contributed by atoms with E-state index in [-0.39, 0.29) is 23.1 Å². The lowest BCUT2D eigenvalue weighted by atomic mass is 10.3. The number of fused-ring (bicyclic) bond motifs is 1. The molecule has 0 fully saturated rings. The number of para-hydroxylation sites is 1. The van der Waals surface area contributed by atoms with E-state index in [1.807, 2.05) is 0 Å². The summed E-state index contributed by atoms with van der Waals surface area (Å²) in [6.45, 7) is 0.185. The largest absolute Gasteiger partial charge is 0.326 e. The molecule has 2 rings (SSSR count). The van der Waals surface area contributed by atoms with Crippen molar-refractivity contribution in [2.24, 2.45) is 0 Å². The summed E-state index contributed by atoms with van der Waals surface area (Å²) in [6, 6.07) is 4.79. The molecule has 21 heavy (non-hydrogen) atoms. The van der Waals surface area contributed by atoms with E-state index >= 15 is 0 Å². The van der Waals surface area contributed by atoms with Gasteiger partial charge in [-0.25, -0.2) is 21.8 Å². The molecular formula is C12H15ClN2O4S2. The van der Waals surface area contributed by atoms with E-state index in [9.17, 15) is 16.8 Å². The van der Waals surface area contributed by atoms with Crippen molar-refractivity contribution >= 4 is 42.3 Å². The molecule has 1 heterocycles. The fraction of sp³-hybridized carbons (Fsp3) is 0.417. The van der Waals surface area contributed by atoms with E-state index in [2.05, 4.69) is 4.98 Å². The van der Waals surface area contributed by atoms with Gasteiger partial charge in [-0.05, 0) is 12.1 Å². The van der Waals surface area contributed by atoms with Gasteiger partial charge in [-0.2, -0.15) is 0 Å². The fourth-order valence-corrected chi connectivity index (χ4v) is 3.62. The van der Waals surface area contributed by atoms with Crippen molar-refractivity contribution < 1.29 is 16.8 Å². The van der Waals surface area contributed by atoms with Gasteiger partial charge in [0.2, 0.25) is 0 Å². The fourth-order valence-electron chi connectivity index (χ4n) is 2.08. The Hall–Kier alpha value is -1.12. The quantitative estimate of drug-likeness (QED) is 0.757. The van der Waals surface area contributed by atoms with E-state index in [1.165, 1.54) is 6.07 Å². The van der Waals surface area contributed by atoms with Crippen LogP contribution < -0.4 is 0 Å². The van der Waals surface area contributed by atoms with E-state index in [1.54, 1.807) is 16.7 Å². The van der Waals surface area contributed by atoms with Gasteiger partial charge in [0.05, 0.1) is 22.0 Å². The third-order valence-electron chi connectivity index (χ3n) is 3.03. The van der Waals surface area contributed by atoms with Gasteiger partial charge in [0.1, 0.15) is 21.2 Å². The highest BCUT2D eigenvalue weighted by molar-refractivity contribution is 7.91. The number of imidazole rings is 1. The SMILES string of the molecule is CS(=O)(=O)CCn1c(CCl)nc2c(S(C)(=O)=O)cccc21. The van der Waals surface area contributed by atoms with Crippen LogP contribution in [0.1, 0.15) is 5.82 Å². The van der Waals surface area contributed by atoms with Crippen LogP contribution in [-0.2, 0) is 32.1 Å². The highest BCUT2D eigenvalue weighted by atomic mass is 35.5. The average Bonchev–Trinajstić information content (AvgIpc) is 2.71. The van der Waals surface area contributed by atoms with Gasteiger partial charge >= 0.3 is 0 Å². The molecular weight excluding hydrogens is 336 g/mol. The first-order valence-corrected chi connectivity index (χ1v) is 10.5. The molecule has 0 unspecified atom stereocenters. The Kier molecular flexibility index (Phi) is 4.32. The summed E-state index contributed by atoms with van der Waals surface area (Å²) in [5, 5.41) is 0. The van der Waals surface area contributed by atoms with Crippen molar-refractivity contribution in [2.75, 3.05) is 18.3 Å². The Morgan fingerprint density at radius 1 is 1.19 bits per heavy atom. The van der Waals surface area contributed by atoms with Gasteiger partial charge in [0.25, 0.3) is 0 Å². The molecule has 0 N–H and O–H groups in total. The number of aromatic nitrogens is 2. The molecule has 0 radical (unpaired) electrons. The van der Waals surface area contributed by atoms with Crippen molar-refractivity contribution in [3.05, 3.63) is 24.0 Å². The van der Waals surface area contributed by atoms with Gasteiger partial charge in [-0.15, -0.1) is 11.6 Å². The molecule has 1 aromatic carbocycles. The smallest absolute Gasteiger partial charge is 0.177 e. The molecule has 6 nitrogen and oxygen atoms in total. The van der Waals surface area contributed by atoms with Crippen LogP contribution in [0.4, 0.5) is 0 Å². The molecule has 0 saturated carbocycles. The minimum Gasteiger partial charge on any atom is -0.326 e. The zero-order valence-corrected chi connectivity index (χ0v) is 14.0. The molecule has 0 amide bonds. The third-order valence-corrected chi connectivity index (χ3v) is 5.32. The molecule has 0 bridgehead atoms. The van der Waals surface area contributed by atoms with Crippen molar-refractivity contribution in [2.45, 2.75) is 17.3 Å². The van der Waals surface area contributed by atoms with Crippen LogP contribution in [-0.4, -0.2) is 44.7 Å². The second kappa shape index (κ2) is 5.58. The zero-order chi connectivity index (χ0) is 15.8. The van der Waals surface area contributed by atoms with Gasteiger partial charge < -0.3 is 4.57 Å². The molecule has 0 spiro atoms. The predicted octanol–water partition coefficient (Wildman–Crippen LogP) is 1.22. The third kappa shape index (κ3) is 3.56. The first-order chi connectivity index (χ1) is 9.63. The number of rotatable bonds is 5. The minimum absolute atomic E-state index is 0.0640. The summed E-state index contributed by atoms with van der Waals surface area (Å²) in [7, 11) is -6.56. The number of hydrogen-bond donors (Lipinski definition) is 0. The Labute approximate surface area is 128 Å². The van der Waals surface area contributed by atoms with Crippen molar-refractivity contribution in [1.29, 1.82) is 0 Å². The van der Waals surface area contributed by atoms with Crippen molar-refractivity contribution in [3.63, 3.8) is 0 Å². The molecule has 0 aliphatic carbocycles. The number of alkyl halides is 1. The number of nitrogens with zero attached hydrogens (tertiary/aromatic N) is 2. The van der Waals surface area contributed by atoms with Crippen LogP contribution in [0.3, 0.4) is 0 Å². The summed E-state index contributed by atoms with van der Waals surface area (Å²) in [6.07, 6.45) is 2.26. The van der Waals surface area contributed by atoms with Crippen molar-refractivity contribution in [3.8, 4) is 0 Å². The van der Waals surface area contributed by atoms with Crippen LogP contribution in [0.2, 0.25) is 0 Å². The number of halogens is 1. The molecule has 116 valence electrons.